The molecule has 0 bridgehead atoms. The third kappa shape index (κ3) is 1.41. The van der Waals surface area contributed by atoms with Crippen LogP contribution in [0.15, 0.2) is 35.7 Å². The highest BCUT2D eigenvalue weighted by atomic mass is 32.1. The summed E-state index contributed by atoms with van der Waals surface area (Å²) in [6, 6.07) is 10.2. The molecule has 1 heterocycles. The summed E-state index contributed by atoms with van der Waals surface area (Å²) in [6.07, 6.45) is 1.67. The van der Waals surface area contributed by atoms with Gasteiger partial charge in [0.25, 0.3) is 0 Å². The van der Waals surface area contributed by atoms with Crippen LogP contribution >= 0.6 is 11.3 Å². The normalized spacial score (nSPS) is 19.1. The second-order valence-corrected chi connectivity index (χ2v) is 4.90. The average molecular weight is 216 g/mol. The summed E-state index contributed by atoms with van der Waals surface area (Å²) in [5.41, 5.74) is 3.47. The quantitative estimate of drug-likeness (QED) is 0.718. The number of benzene rings is 1. The van der Waals surface area contributed by atoms with Crippen LogP contribution in [-0.2, 0) is 12.8 Å². The van der Waals surface area contributed by atoms with E-state index in [2.05, 4.69) is 11.4 Å². The number of thiophene rings is 1. The SMILES string of the molecule is O[C@H]1c2ccccc2CCc2sccc21. The van der Waals surface area contributed by atoms with E-state index in [1.165, 1.54) is 10.4 Å². The number of hydrogen-bond acceptors (Lipinski definition) is 2. The van der Waals surface area contributed by atoms with Crippen LogP contribution in [0.1, 0.15) is 27.7 Å². The molecule has 2 heteroatoms. The third-order valence-electron chi connectivity index (χ3n) is 3.05. The van der Waals surface area contributed by atoms with Gasteiger partial charge in [-0.15, -0.1) is 11.3 Å². The van der Waals surface area contributed by atoms with Gasteiger partial charge in [-0.1, -0.05) is 24.3 Å². The Morgan fingerprint density at radius 2 is 1.93 bits per heavy atom. The highest BCUT2D eigenvalue weighted by molar-refractivity contribution is 7.10. The molecule has 1 aromatic carbocycles. The molecule has 0 amide bonds. The molecule has 0 fully saturated rings. The van der Waals surface area contributed by atoms with Crippen molar-refractivity contribution >= 4 is 11.3 Å². The van der Waals surface area contributed by atoms with Crippen molar-refractivity contribution in [2.75, 3.05) is 0 Å². The van der Waals surface area contributed by atoms with Crippen molar-refractivity contribution in [1.82, 2.24) is 0 Å². The van der Waals surface area contributed by atoms with Gasteiger partial charge in [-0.25, -0.2) is 0 Å². The van der Waals surface area contributed by atoms with Crippen molar-refractivity contribution in [3.05, 3.63) is 57.3 Å². The van der Waals surface area contributed by atoms with Gasteiger partial charge in [0.2, 0.25) is 0 Å². The lowest BCUT2D eigenvalue weighted by molar-refractivity contribution is 0.220. The van der Waals surface area contributed by atoms with Gasteiger partial charge < -0.3 is 5.11 Å². The van der Waals surface area contributed by atoms with Gasteiger partial charge in [-0.2, -0.15) is 0 Å². The number of aliphatic hydroxyl groups is 1. The monoisotopic (exact) mass is 216 g/mol. The van der Waals surface area contributed by atoms with E-state index in [0.29, 0.717) is 0 Å². The molecule has 1 aliphatic carbocycles. The van der Waals surface area contributed by atoms with Gasteiger partial charge in [0, 0.05) is 4.88 Å². The molecule has 0 aliphatic heterocycles. The fourth-order valence-corrected chi connectivity index (χ4v) is 3.16. The molecule has 1 nitrogen and oxygen atoms in total. The lowest BCUT2D eigenvalue weighted by Crippen LogP contribution is -2.00. The third-order valence-corrected chi connectivity index (χ3v) is 4.04. The van der Waals surface area contributed by atoms with Gasteiger partial charge in [0.15, 0.2) is 0 Å². The highest BCUT2D eigenvalue weighted by Gasteiger charge is 2.21. The minimum Gasteiger partial charge on any atom is -0.384 e. The first-order valence-electron chi connectivity index (χ1n) is 5.18. The Morgan fingerprint density at radius 1 is 1.07 bits per heavy atom. The van der Waals surface area contributed by atoms with Crippen molar-refractivity contribution in [1.29, 1.82) is 0 Å². The minimum atomic E-state index is -0.426. The van der Waals surface area contributed by atoms with Crippen LogP contribution in [0.4, 0.5) is 0 Å². The van der Waals surface area contributed by atoms with Crippen LogP contribution < -0.4 is 0 Å². The first kappa shape index (κ1) is 9.13. The molecule has 76 valence electrons. The molecule has 1 atom stereocenters. The van der Waals surface area contributed by atoms with Crippen LogP contribution in [0.25, 0.3) is 0 Å². The zero-order valence-electron chi connectivity index (χ0n) is 8.31. The van der Waals surface area contributed by atoms with E-state index < -0.39 is 6.10 Å². The molecule has 0 radical (unpaired) electrons. The molecule has 0 spiro atoms. The van der Waals surface area contributed by atoms with E-state index in [1.54, 1.807) is 11.3 Å². The van der Waals surface area contributed by atoms with Crippen LogP contribution in [0.5, 0.6) is 0 Å². The maximum atomic E-state index is 10.3. The van der Waals surface area contributed by atoms with Crippen molar-refractivity contribution < 1.29 is 5.11 Å². The summed E-state index contributed by atoms with van der Waals surface area (Å²) in [6.45, 7) is 0. The van der Waals surface area contributed by atoms with Crippen LogP contribution in [0.2, 0.25) is 0 Å². The lowest BCUT2D eigenvalue weighted by atomic mass is 9.99. The summed E-state index contributed by atoms with van der Waals surface area (Å²) >= 11 is 1.75. The van der Waals surface area contributed by atoms with Crippen molar-refractivity contribution in [3.63, 3.8) is 0 Å². The number of fused-ring (bicyclic) bond motifs is 2. The van der Waals surface area contributed by atoms with E-state index in [1.807, 2.05) is 24.3 Å². The zero-order valence-corrected chi connectivity index (χ0v) is 9.13. The molecule has 1 aliphatic rings. The standard InChI is InChI=1S/C13H12OS/c14-13-10-4-2-1-3-9(10)5-6-12-11(13)7-8-15-12/h1-4,7-8,13-14H,5-6H2/t13-/m0/s1. The number of hydrogen-bond donors (Lipinski definition) is 1. The molecule has 2 aromatic rings. The van der Waals surface area contributed by atoms with E-state index in [-0.39, 0.29) is 0 Å². The molecule has 1 aromatic heterocycles. The van der Waals surface area contributed by atoms with Crippen molar-refractivity contribution in [3.8, 4) is 0 Å². The second-order valence-electron chi connectivity index (χ2n) is 3.90. The first-order valence-corrected chi connectivity index (χ1v) is 6.06. The average Bonchev–Trinajstić information content (AvgIpc) is 2.69. The summed E-state index contributed by atoms with van der Waals surface area (Å²) in [5.74, 6) is 0. The molecule has 0 saturated carbocycles. The fraction of sp³-hybridized carbons (Fsp3) is 0.231. The Balaban J connectivity index is 2.18. The van der Waals surface area contributed by atoms with E-state index in [4.69, 9.17) is 0 Å². The number of aliphatic hydroxyl groups excluding tert-OH is 1. The van der Waals surface area contributed by atoms with Gasteiger partial charge >= 0.3 is 0 Å². The highest BCUT2D eigenvalue weighted by Crippen LogP contribution is 2.34. The van der Waals surface area contributed by atoms with E-state index in [0.717, 1.165) is 24.0 Å². The van der Waals surface area contributed by atoms with E-state index in [9.17, 15) is 5.11 Å². The summed E-state index contributed by atoms with van der Waals surface area (Å²) < 4.78 is 0. The summed E-state index contributed by atoms with van der Waals surface area (Å²) in [4.78, 5) is 1.33. The van der Waals surface area contributed by atoms with Crippen LogP contribution in [0.3, 0.4) is 0 Å². The zero-order chi connectivity index (χ0) is 10.3. The van der Waals surface area contributed by atoms with Gasteiger partial charge in [0.1, 0.15) is 6.10 Å². The minimum absolute atomic E-state index is 0.426. The predicted molar refractivity (Wildman–Crippen MR) is 62.2 cm³/mol. The molecular formula is C13H12OS. The summed E-state index contributed by atoms with van der Waals surface area (Å²) in [5, 5.41) is 12.4. The Hall–Kier alpha value is -1.12. The molecule has 0 saturated heterocycles. The molecule has 1 N–H and O–H groups in total. The van der Waals surface area contributed by atoms with Crippen LogP contribution in [-0.4, -0.2) is 5.11 Å². The predicted octanol–water partition coefficient (Wildman–Crippen LogP) is 2.93. The smallest absolute Gasteiger partial charge is 0.105 e. The topological polar surface area (TPSA) is 20.2 Å². The lowest BCUT2D eigenvalue weighted by Gasteiger charge is -2.11. The van der Waals surface area contributed by atoms with Crippen molar-refractivity contribution in [2.45, 2.75) is 18.9 Å². The van der Waals surface area contributed by atoms with E-state index >= 15 is 0 Å². The molecule has 15 heavy (non-hydrogen) atoms. The molecule has 0 unspecified atom stereocenters. The molecule has 3 rings (SSSR count). The number of rotatable bonds is 0. The number of aryl methyl sites for hydroxylation is 2. The van der Waals surface area contributed by atoms with Crippen molar-refractivity contribution in [2.24, 2.45) is 0 Å². The Labute approximate surface area is 93.0 Å². The maximum absolute atomic E-state index is 10.3. The summed E-state index contributed by atoms with van der Waals surface area (Å²) in [7, 11) is 0. The first-order chi connectivity index (χ1) is 7.36. The van der Waals surface area contributed by atoms with Gasteiger partial charge in [-0.05, 0) is 41.0 Å². The second kappa shape index (κ2) is 3.47. The van der Waals surface area contributed by atoms with Gasteiger partial charge in [0.05, 0.1) is 0 Å². The van der Waals surface area contributed by atoms with Gasteiger partial charge in [-0.3, -0.25) is 0 Å². The molecular weight excluding hydrogens is 204 g/mol. The Bertz CT molecular complexity index is 487. The van der Waals surface area contributed by atoms with Crippen LogP contribution in [0, 0.1) is 0 Å². The maximum Gasteiger partial charge on any atom is 0.105 e. The Morgan fingerprint density at radius 3 is 2.87 bits per heavy atom. The fourth-order valence-electron chi connectivity index (χ4n) is 2.24. The largest absolute Gasteiger partial charge is 0.384 e. The Kier molecular flexibility index (Phi) is 2.11.